The molecule has 1 aromatic carbocycles. The lowest BCUT2D eigenvalue weighted by molar-refractivity contribution is 0.787. The lowest BCUT2D eigenvalue weighted by Gasteiger charge is -2.08. The van der Waals surface area contributed by atoms with E-state index in [4.69, 9.17) is 5.26 Å². The molecule has 2 unspecified atom stereocenters. The van der Waals surface area contributed by atoms with Gasteiger partial charge in [0.15, 0.2) is 0 Å². The fraction of sp³-hybridized carbons (Fsp3) is 0.462. The summed E-state index contributed by atoms with van der Waals surface area (Å²) in [5.74, 6) is 1.66. The lowest BCUT2D eigenvalue weighted by Crippen LogP contribution is -2.06. The second-order valence-electron chi connectivity index (χ2n) is 4.51. The van der Waals surface area contributed by atoms with E-state index in [9.17, 15) is 0 Å². The third kappa shape index (κ3) is 2.30. The number of hydrogen-bond acceptors (Lipinski definition) is 2. The Kier molecular flexibility index (Phi) is 2.64. The van der Waals surface area contributed by atoms with Crippen molar-refractivity contribution >= 4 is 5.69 Å². The second-order valence-corrected chi connectivity index (χ2v) is 4.51. The molecule has 2 atom stereocenters. The zero-order chi connectivity index (χ0) is 10.8. The first-order valence-electron chi connectivity index (χ1n) is 5.45. The van der Waals surface area contributed by atoms with E-state index >= 15 is 0 Å². The van der Waals surface area contributed by atoms with Crippen LogP contribution in [0.25, 0.3) is 0 Å². The minimum Gasteiger partial charge on any atom is -0.384 e. The molecule has 0 bridgehead atoms. The molecule has 0 heterocycles. The maximum Gasteiger partial charge on any atom is 0.101 e. The second kappa shape index (κ2) is 3.94. The number of aryl methyl sites for hydroxylation is 1. The first kappa shape index (κ1) is 10.0. The van der Waals surface area contributed by atoms with Gasteiger partial charge < -0.3 is 5.32 Å². The molecule has 15 heavy (non-hydrogen) atoms. The average Bonchev–Trinajstić information content (AvgIpc) is 2.92. The van der Waals surface area contributed by atoms with E-state index in [0.717, 1.165) is 29.6 Å². The molecule has 0 aliphatic heterocycles. The summed E-state index contributed by atoms with van der Waals surface area (Å²) in [6.45, 7) is 5.32. The Morgan fingerprint density at radius 2 is 2.27 bits per heavy atom. The van der Waals surface area contributed by atoms with E-state index in [1.165, 1.54) is 12.0 Å². The van der Waals surface area contributed by atoms with Crippen LogP contribution in [0.5, 0.6) is 0 Å². The van der Waals surface area contributed by atoms with Crippen molar-refractivity contribution in [2.75, 3.05) is 11.9 Å². The highest BCUT2D eigenvalue weighted by Crippen LogP contribution is 2.37. The monoisotopic (exact) mass is 200 g/mol. The summed E-state index contributed by atoms with van der Waals surface area (Å²) < 4.78 is 0. The molecule has 78 valence electrons. The Morgan fingerprint density at radius 3 is 2.87 bits per heavy atom. The first-order valence-corrected chi connectivity index (χ1v) is 5.45. The van der Waals surface area contributed by atoms with Crippen molar-refractivity contribution in [2.45, 2.75) is 20.3 Å². The Bertz CT molecular complexity index is 403. The number of rotatable bonds is 3. The van der Waals surface area contributed by atoms with Crippen LogP contribution < -0.4 is 5.32 Å². The van der Waals surface area contributed by atoms with E-state index in [-0.39, 0.29) is 0 Å². The number of benzene rings is 1. The third-order valence-electron chi connectivity index (χ3n) is 3.13. The van der Waals surface area contributed by atoms with Crippen LogP contribution in [0.1, 0.15) is 24.5 Å². The standard InChI is InChI=1S/C13H16N2/c1-9-3-4-11(7-14)13(5-9)15-8-12-6-10(12)2/h3-5,10,12,15H,6,8H2,1-2H3. The van der Waals surface area contributed by atoms with Gasteiger partial charge in [0.1, 0.15) is 6.07 Å². The normalized spacial score (nSPS) is 23.3. The average molecular weight is 200 g/mol. The smallest absolute Gasteiger partial charge is 0.101 e. The fourth-order valence-electron chi connectivity index (χ4n) is 1.83. The van der Waals surface area contributed by atoms with Gasteiger partial charge >= 0.3 is 0 Å². The van der Waals surface area contributed by atoms with Gasteiger partial charge in [-0.15, -0.1) is 0 Å². The van der Waals surface area contributed by atoms with Gasteiger partial charge in [-0.2, -0.15) is 5.26 Å². The summed E-state index contributed by atoms with van der Waals surface area (Å²) in [4.78, 5) is 0. The molecule has 1 fully saturated rings. The number of nitriles is 1. The molecular weight excluding hydrogens is 184 g/mol. The molecule has 1 N–H and O–H groups in total. The maximum atomic E-state index is 8.95. The van der Waals surface area contributed by atoms with Gasteiger partial charge in [0.05, 0.1) is 11.3 Å². The predicted octanol–water partition coefficient (Wildman–Crippen LogP) is 2.93. The Labute approximate surface area is 90.9 Å². The number of nitrogens with zero attached hydrogens (tertiary/aromatic N) is 1. The molecule has 0 saturated heterocycles. The molecule has 1 saturated carbocycles. The van der Waals surface area contributed by atoms with Crippen molar-refractivity contribution in [1.82, 2.24) is 0 Å². The number of hydrogen-bond donors (Lipinski definition) is 1. The summed E-state index contributed by atoms with van der Waals surface area (Å²) in [7, 11) is 0. The highest BCUT2D eigenvalue weighted by molar-refractivity contribution is 5.58. The molecule has 2 heteroatoms. The van der Waals surface area contributed by atoms with Gasteiger partial charge in [-0.1, -0.05) is 13.0 Å². The molecular formula is C13H16N2. The van der Waals surface area contributed by atoms with Gasteiger partial charge in [-0.3, -0.25) is 0 Å². The maximum absolute atomic E-state index is 8.95. The van der Waals surface area contributed by atoms with Crippen molar-refractivity contribution in [3.63, 3.8) is 0 Å². The SMILES string of the molecule is Cc1ccc(C#N)c(NCC2CC2C)c1. The van der Waals surface area contributed by atoms with Crippen LogP contribution in [0, 0.1) is 30.1 Å². The molecule has 2 nitrogen and oxygen atoms in total. The van der Waals surface area contributed by atoms with Crippen LogP contribution in [0.3, 0.4) is 0 Å². The molecule has 0 amide bonds. The summed E-state index contributed by atoms with van der Waals surface area (Å²) in [5, 5.41) is 12.3. The molecule has 1 aliphatic carbocycles. The minimum absolute atomic E-state index is 0.744. The van der Waals surface area contributed by atoms with Crippen LogP contribution >= 0.6 is 0 Å². The van der Waals surface area contributed by atoms with E-state index < -0.39 is 0 Å². The van der Waals surface area contributed by atoms with Crippen molar-refractivity contribution in [3.8, 4) is 6.07 Å². The Morgan fingerprint density at radius 1 is 1.53 bits per heavy atom. The van der Waals surface area contributed by atoms with Crippen LogP contribution in [0.4, 0.5) is 5.69 Å². The molecule has 0 spiro atoms. The Hall–Kier alpha value is -1.49. The molecule has 1 aliphatic rings. The van der Waals surface area contributed by atoms with E-state index in [2.05, 4.69) is 18.3 Å². The van der Waals surface area contributed by atoms with E-state index in [0.29, 0.717) is 0 Å². The summed E-state index contributed by atoms with van der Waals surface area (Å²) in [5.41, 5.74) is 2.92. The molecule has 1 aromatic rings. The van der Waals surface area contributed by atoms with Crippen LogP contribution in [0.15, 0.2) is 18.2 Å². The minimum atomic E-state index is 0.744. The largest absolute Gasteiger partial charge is 0.384 e. The third-order valence-corrected chi connectivity index (χ3v) is 3.13. The van der Waals surface area contributed by atoms with E-state index in [1.807, 2.05) is 25.1 Å². The zero-order valence-corrected chi connectivity index (χ0v) is 9.25. The molecule has 2 rings (SSSR count). The number of anilines is 1. The van der Waals surface area contributed by atoms with Crippen molar-refractivity contribution in [2.24, 2.45) is 11.8 Å². The molecule has 0 aromatic heterocycles. The highest BCUT2D eigenvalue weighted by Gasteiger charge is 2.31. The van der Waals surface area contributed by atoms with Crippen LogP contribution in [0.2, 0.25) is 0 Å². The zero-order valence-electron chi connectivity index (χ0n) is 9.25. The van der Waals surface area contributed by atoms with Gasteiger partial charge in [0.2, 0.25) is 0 Å². The summed E-state index contributed by atoms with van der Waals surface area (Å²) in [6, 6.07) is 8.12. The quantitative estimate of drug-likeness (QED) is 0.814. The van der Waals surface area contributed by atoms with Gasteiger partial charge in [-0.05, 0) is 42.9 Å². The van der Waals surface area contributed by atoms with Crippen molar-refractivity contribution in [1.29, 1.82) is 5.26 Å². The van der Waals surface area contributed by atoms with Crippen LogP contribution in [-0.4, -0.2) is 6.54 Å². The topological polar surface area (TPSA) is 35.8 Å². The first-order chi connectivity index (χ1) is 7.20. The van der Waals surface area contributed by atoms with Crippen molar-refractivity contribution < 1.29 is 0 Å². The Balaban J connectivity index is 2.06. The van der Waals surface area contributed by atoms with Gasteiger partial charge in [0.25, 0.3) is 0 Å². The lowest BCUT2D eigenvalue weighted by atomic mass is 10.1. The summed E-state index contributed by atoms with van der Waals surface area (Å²) in [6.07, 6.45) is 1.32. The number of nitrogens with one attached hydrogen (secondary N) is 1. The summed E-state index contributed by atoms with van der Waals surface area (Å²) >= 11 is 0. The fourth-order valence-corrected chi connectivity index (χ4v) is 1.83. The molecule has 0 radical (unpaired) electrons. The van der Waals surface area contributed by atoms with Crippen LogP contribution in [-0.2, 0) is 0 Å². The predicted molar refractivity (Wildman–Crippen MR) is 61.7 cm³/mol. The highest BCUT2D eigenvalue weighted by atomic mass is 14.9. The van der Waals surface area contributed by atoms with Gasteiger partial charge in [0, 0.05) is 6.54 Å². The van der Waals surface area contributed by atoms with Gasteiger partial charge in [-0.25, -0.2) is 0 Å². The van der Waals surface area contributed by atoms with E-state index in [1.54, 1.807) is 0 Å². The van der Waals surface area contributed by atoms with Crippen molar-refractivity contribution in [3.05, 3.63) is 29.3 Å².